The summed E-state index contributed by atoms with van der Waals surface area (Å²) in [7, 11) is 0. The van der Waals surface area contributed by atoms with Crippen LogP contribution in [0.15, 0.2) is 24.3 Å². The normalized spacial score (nSPS) is 17.1. The zero-order valence-corrected chi connectivity index (χ0v) is 11.4. The molecule has 0 radical (unpaired) electrons. The molecule has 1 aliphatic heterocycles. The minimum atomic E-state index is -0.645. The second-order valence-electron chi connectivity index (χ2n) is 5.42. The van der Waals surface area contributed by atoms with Crippen LogP contribution in [-0.4, -0.2) is 34.6 Å². The molecule has 0 unspecified atom stereocenters. The highest BCUT2D eigenvalue weighted by Crippen LogP contribution is 2.26. The summed E-state index contributed by atoms with van der Waals surface area (Å²) in [5, 5.41) is 10.1. The third-order valence-electron chi connectivity index (χ3n) is 3.65. The van der Waals surface area contributed by atoms with E-state index >= 15 is 0 Å². The Balaban J connectivity index is 1.85. The summed E-state index contributed by atoms with van der Waals surface area (Å²) in [4.78, 5) is 13.8. The number of hydrogen-bond acceptors (Lipinski definition) is 3. The van der Waals surface area contributed by atoms with Crippen molar-refractivity contribution in [2.45, 2.75) is 38.3 Å². The van der Waals surface area contributed by atoms with E-state index in [0.29, 0.717) is 26.1 Å². The zero-order chi connectivity index (χ0) is 13.9. The number of nitrogens with two attached hydrogens (primary N) is 1. The molecule has 1 aromatic carbocycles. The average molecular weight is 262 g/mol. The number of nitrogens with zero attached hydrogens (tertiary/aromatic N) is 1. The monoisotopic (exact) mass is 262 g/mol. The van der Waals surface area contributed by atoms with Gasteiger partial charge in [0, 0.05) is 6.54 Å². The molecule has 2 rings (SSSR count). The summed E-state index contributed by atoms with van der Waals surface area (Å²) in [6, 6.07) is 7.79. The van der Waals surface area contributed by atoms with Crippen molar-refractivity contribution in [3.63, 3.8) is 0 Å². The Morgan fingerprint density at radius 3 is 2.42 bits per heavy atom. The first-order chi connectivity index (χ1) is 9.06. The maximum absolute atomic E-state index is 12.0. The molecule has 19 heavy (non-hydrogen) atoms. The molecule has 0 atom stereocenters. The van der Waals surface area contributed by atoms with Gasteiger partial charge >= 0.3 is 0 Å². The van der Waals surface area contributed by atoms with Crippen molar-refractivity contribution >= 4 is 5.91 Å². The molecule has 1 amide bonds. The fourth-order valence-electron chi connectivity index (χ4n) is 2.54. The van der Waals surface area contributed by atoms with E-state index in [9.17, 15) is 9.90 Å². The van der Waals surface area contributed by atoms with E-state index in [-0.39, 0.29) is 5.91 Å². The molecule has 1 heterocycles. The highest BCUT2D eigenvalue weighted by atomic mass is 16.3. The Bertz CT molecular complexity index is 436. The smallest absolute Gasteiger partial charge is 0.227 e. The maximum atomic E-state index is 12.0. The predicted molar refractivity (Wildman–Crippen MR) is 74.5 cm³/mol. The van der Waals surface area contributed by atoms with Gasteiger partial charge in [-0.2, -0.15) is 0 Å². The molecule has 1 fully saturated rings. The number of hydrogen-bond donors (Lipinski definition) is 2. The Hall–Kier alpha value is -1.39. The molecule has 0 saturated carbocycles. The quantitative estimate of drug-likeness (QED) is 0.834. The number of carbonyl (C=O) groups is 1. The fraction of sp³-hybridized carbons (Fsp3) is 0.533. The summed E-state index contributed by atoms with van der Waals surface area (Å²) in [6.07, 6.45) is 2.11. The average Bonchev–Trinajstić information content (AvgIpc) is 2.37. The first-order valence-electron chi connectivity index (χ1n) is 6.84. The number of likely N-dealkylation sites (tertiary alicyclic amines) is 1. The molecule has 4 nitrogen and oxygen atoms in total. The minimum Gasteiger partial charge on any atom is -0.386 e. The van der Waals surface area contributed by atoms with Gasteiger partial charge in [0.2, 0.25) is 5.91 Å². The third-order valence-corrected chi connectivity index (χ3v) is 3.65. The topological polar surface area (TPSA) is 66.6 Å². The third kappa shape index (κ3) is 3.33. The molecule has 1 aromatic rings. The van der Waals surface area contributed by atoms with Crippen LogP contribution in [0.2, 0.25) is 0 Å². The maximum Gasteiger partial charge on any atom is 0.227 e. The van der Waals surface area contributed by atoms with Gasteiger partial charge in [-0.1, -0.05) is 37.6 Å². The molecule has 1 saturated heterocycles. The standard InChI is InChI=1S/C15H22N2O2/c1-2-7-15(19)10-17(11-15)14(18)8-12-3-5-13(9-16)6-4-12/h3-6,19H,2,7-11,16H2,1H3. The Labute approximate surface area is 114 Å². The minimum absolute atomic E-state index is 0.0845. The second-order valence-corrected chi connectivity index (χ2v) is 5.42. The summed E-state index contributed by atoms with van der Waals surface area (Å²) < 4.78 is 0. The van der Waals surface area contributed by atoms with Crippen molar-refractivity contribution in [1.29, 1.82) is 0 Å². The first-order valence-corrected chi connectivity index (χ1v) is 6.84. The van der Waals surface area contributed by atoms with Gasteiger partial charge in [-0.3, -0.25) is 4.79 Å². The van der Waals surface area contributed by atoms with E-state index in [1.165, 1.54) is 0 Å². The van der Waals surface area contributed by atoms with E-state index in [4.69, 9.17) is 5.73 Å². The number of amides is 1. The van der Waals surface area contributed by atoms with E-state index in [2.05, 4.69) is 0 Å². The fourth-order valence-corrected chi connectivity index (χ4v) is 2.54. The lowest BCUT2D eigenvalue weighted by Gasteiger charge is -2.46. The Morgan fingerprint density at radius 2 is 1.89 bits per heavy atom. The van der Waals surface area contributed by atoms with E-state index in [1.807, 2.05) is 31.2 Å². The van der Waals surface area contributed by atoms with E-state index in [0.717, 1.165) is 24.0 Å². The molecular formula is C15H22N2O2. The molecule has 4 heteroatoms. The molecular weight excluding hydrogens is 240 g/mol. The summed E-state index contributed by atoms with van der Waals surface area (Å²) in [5.74, 6) is 0.0845. The Morgan fingerprint density at radius 1 is 1.32 bits per heavy atom. The van der Waals surface area contributed by atoms with Crippen LogP contribution in [-0.2, 0) is 17.8 Å². The largest absolute Gasteiger partial charge is 0.386 e. The van der Waals surface area contributed by atoms with Gasteiger partial charge in [0.25, 0.3) is 0 Å². The molecule has 0 bridgehead atoms. The summed E-state index contributed by atoms with van der Waals surface area (Å²) in [6.45, 7) is 3.51. The molecule has 0 aliphatic carbocycles. The van der Waals surface area contributed by atoms with Crippen LogP contribution in [0.5, 0.6) is 0 Å². The van der Waals surface area contributed by atoms with Crippen LogP contribution in [0.4, 0.5) is 0 Å². The first kappa shape index (κ1) is 14.0. The molecule has 104 valence electrons. The molecule has 0 aromatic heterocycles. The number of rotatable bonds is 5. The molecule has 3 N–H and O–H groups in total. The van der Waals surface area contributed by atoms with Gasteiger partial charge in [0.15, 0.2) is 0 Å². The van der Waals surface area contributed by atoms with Crippen molar-refractivity contribution in [2.24, 2.45) is 5.73 Å². The Kier molecular flexibility index (Phi) is 4.22. The lowest BCUT2D eigenvalue weighted by Crippen LogP contribution is -2.63. The lowest BCUT2D eigenvalue weighted by atomic mass is 9.89. The van der Waals surface area contributed by atoms with Gasteiger partial charge in [-0.15, -0.1) is 0 Å². The van der Waals surface area contributed by atoms with Crippen molar-refractivity contribution in [3.05, 3.63) is 35.4 Å². The van der Waals surface area contributed by atoms with Crippen molar-refractivity contribution in [1.82, 2.24) is 4.90 Å². The van der Waals surface area contributed by atoms with Crippen LogP contribution >= 0.6 is 0 Å². The van der Waals surface area contributed by atoms with Gasteiger partial charge < -0.3 is 15.7 Å². The van der Waals surface area contributed by atoms with Crippen LogP contribution < -0.4 is 5.73 Å². The molecule has 1 aliphatic rings. The van der Waals surface area contributed by atoms with Crippen LogP contribution in [0.3, 0.4) is 0 Å². The van der Waals surface area contributed by atoms with Crippen LogP contribution in [0.1, 0.15) is 30.9 Å². The predicted octanol–water partition coefficient (Wildman–Crippen LogP) is 1.06. The second kappa shape index (κ2) is 5.72. The highest BCUT2D eigenvalue weighted by Gasteiger charge is 2.42. The van der Waals surface area contributed by atoms with Gasteiger partial charge in [-0.05, 0) is 17.5 Å². The SMILES string of the molecule is CCCC1(O)CN(C(=O)Cc2ccc(CN)cc2)C1. The molecule has 0 spiro atoms. The highest BCUT2D eigenvalue weighted by molar-refractivity contribution is 5.79. The van der Waals surface area contributed by atoms with Crippen LogP contribution in [0.25, 0.3) is 0 Å². The summed E-state index contributed by atoms with van der Waals surface area (Å²) >= 11 is 0. The summed E-state index contributed by atoms with van der Waals surface area (Å²) in [5.41, 5.74) is 6.95. The number of β-amino-alcohol motifs (C(OH)–C–C–N with tert-alkyl or cyclic N) is 1. The number of carbonyl (C=O) groups excluding carboxylic acids is 1. The van der Waals surface area contributed by atoms with Gasteiger partial charge in [0.1, 0.15) is 0 Å². The zero-order valence-electron chi connectivity index (χ0n) is 11.4. The van der Waals surface area contributed by atoms with Gasteiger partial charge in [-0.25, -0.2) is 0 Å². The van der Waals surface area contributed by atoms with Crippen molar-refractivity contribution in [3.8, 4) is 0 Å². The van der Waals surface area contributed by atoms with Crippen LogP contribution in [0, 0.1) is 0 Å². The van der Waals surface area contributed by atoms with E-state index in [1.54, 1.807) is 4.90 Å². The number of benzene rings is 1. The lowest BCUT2D eigenvalue weighted by molar-refractivity contribution is -0.155. The van der Waals surface area contributed by atoms with Crippen molar-refractivity contribution in [2.75, 3.05) is 13.1 Å². The van der Waals surface area contributed by atoms with Crippen molar-refractivity contribution < 1.29 is 9.90 Å². The van der Waals surface area contributed by atoms with E-state index < -0.39 is 5.60 Å². The number of aliphatic hydroxyl groups is 1. The van der Waals surface area contributed by atoms with Gasteiger partial charge in [0.05, 0.1) is 25.1 Å².